The normalized spacial score (nSPS) is 26.9. The maximum atomic E-state index is 12.8. The molecule has 2 amide bonds. The summed E-state index contributed by atoms with van der Waals surface area (Å²) >= 11 is 1.57. The molecule has 5 heterocycles. The summed E-state index contributed by atoms with van der Waals surface area (Å²) in [6.45, 7) is 5.42. The molecule has 0 radical (unpaired) electrons. The van der Waals surface area contributed by atoms with E-state index in [1.165, 1.54) is 0 Å². The van der Waals surface area contributed by atoms with Crippen LogP contribution in [0.2, 0.25) is 0 Å². The van der Waals surface area contributed by atoms with Crippen molar-refractivity contribution in [3.63, 3.8) is 0 Å². The van der Waals surface area contributed by atoms with Crippen molar-refractivity contribution in [1.29, 1.82) is 0 Å². The summed E-state index contributed by atoms with van der Waals surface area (Å²) < 4.78 is 7.71. The van der Waals surface area contributed by atoms with Gasteiger partial charge in [0.25, 0.3) is 0 Å². The largest absolute Gasteiger partial charge is 0.379 e. The van der Waals surface area contributed by atoms with Crippen LogP contribution >= 0.6 is 11.3 Å². The van der Waals surface area contributed by atoms with E-state index < -0.39 is 0 Å². The number of carbonyl (C=O) groups excluding carboxylic acids is 2. The van der Waals surface area contributed by atoms with E-state index in [-0.39, 0.29) is 23.3 Å². The Morgan fingerprint density at radius 3 is 2.93 bits per heavy atom. The van der Waals surface area contributed by atoms with Crippen molar-refractivity contribution in [3.05, 3.63) is 23.5 Å². The van der Waals surface area contributed by atoms with Crippen LogP contribution in [0.25, 0.3) is 4.96 Å². The first kappa shape index (κ1) is 17.2. The molecule has 0 N–H and O–H groups in total. The lowest BCUT2D eigenvalue weighted by molar-refractivity contribution is -0.134. The molecule has 0 saturated carbocycles. The number of aromatic nitrogens is 2. The number of imidazole rings is 1. The molecule has 2 atom stereocenters. The molecule has 3 aliphatic heterocycles. The first-order chi connectivity index (χ1) is 13.1. The highest BCUT2D eigenvalue weighted by atomic mass is 32.1. The van der Waals surface area contributed by atoms with Crippen LogP contribution in [0.3, 0.4) is 0 Å². The molecule has 2 aromatic rings. The van der Waals surface area contributed by atoms with Crippen molar-refractivity contribution >= 4 is 28.1 Å². The number of thiazole rings is 1. The number of carbonyl (C=O) groups is 2. The van der Waals surface area contributed by atoms with Gasteiger partial charge in [0, 0.05) is 55.9 Å². The summed E-state index contributed by atoms with van der Waals surface area (Å²) in [7, 11) is 0. The van der Waals surface area contributed by atoms with Crippen molar-refractivity contribution in [2.75, 3.05) is 32.8 Å². The third-order valence-electron chi connectivity index (χ3n) is 6.79. The van der Waals surface area contributed by atoms with E-state index in [0.29, 0.717) is 18.9 Å². The Bertz CT molecular complexity index is 883. The average Bonchev–Trinajstić information content (AvgIpc) is 3.40. The number of ether oxygens (including phenoxy) is 1. The lowest BCUT2D eigenvalue weighted by atomic mass is 9.70. The van der Waals surface area contributed by atoms with Crippen molar-refractivity contribution in [2.24, 2.45) is 11.3 Å². The third kappa shape index (κ3) is 2.69. The maximum absolute atomic E-state index is 12.8. The van der Waals surface area contributed by atoms with Crippen molar-refractivity contribution in [3.8, 4) is 0 Å². The lowest BCUT2D eigenvalue weighted by Gasteiger charge is -2.42. The molecule has 0 unspecified atom stereocenters. The number of likely N-dealkylation sites (tertiary alicyclic amines) is 2. The van der Waals surface area contributed by atoms with E-state index in [4.69, 9.17) is 4.74 Å². The number of fused-ring (bicyclic) bond motifs is 3. The van der Waals surface area contributed by atoms with Gasteiger partial charge in [-0.25, -0.2) is 4.98 Å². The number of rotatable bonds is 2. The molecular formula is C19H24N4O3S. The van der Waals surface area contributed by atoms with E-state index in [1.54, 1.807) is 24.5 Å². The summed E-state index contributed by atoms with van der Waals surface area (Å²) in [4.78, 5) is 34.1. The summed E-state index contributed by atoms with van der Waals surface area (Å²) in [5.41, 5.74) is 1.12. The average molecular weight is 388 g/mol. The molecule has 2 aromatic heterocycles. The van der Waals surface area contributed by atoms with E-state index in [9.17, 15) is 9.59 Å². The van der Waals surface area contributed by atoms with Gasteiger partial charge in [-0.2, -0.15) is 0 Å². The molecule has 0 aromatic carbocycles. The molecule has 8 heteroatoms. The van der Waals surface area contributed by atoms with Gasteiger partial charge < -0.3 is 14.5 Å². The number of hydrogen-bond donors (Lipinski definition) is 0. The van der Waals surface area contributed by atoms with Crippen LogP contribution in [0.5, 0.6) is 0 Å². The van der Waals surface area contributed by atoms with Gasteiger partial charge >= 0.3 is 0 Å². The maximum Gasteiger partial charge on any atom is 0.228 e. The second kappa shape index (κ2) is 6.31. The number of hydrogen-bond acceptors (Lipinski definition) is 5. The minimum atomic E-state index is 0.115. The minimum absolute atomic E-state index is 0.115. The van der Waals surface area contributed by atoms with Crippen molar-refractivity contribution in [2.45, 2.75) is 32.2 Å². The van der Waals surface area contributed by atoms with Gasteiger partial charge in [0.05, 0.1) is 25.7 Å². The van der Waals surface area contributed by atoms with Crippen LogP contribution in [0.15, 0.2) is 17.8 Å². The first-order valence-corrected chi connectivity index (χ1v) is 10.5. The van der Waals surface area contributed by atoms with Gasteiger partial charge in [0.2, 0.25) is 11.8 Å². The summed E-state index contributed by atoms with van der Waals surface area (Å²) in [6, 6.07) is 0.227. The molecule has 0 aliphatic carbocycles. The first-order valence-electron chi connectivity index (χ1n) is 9.60. The molecule has 27 heavy (non-hydrogen) atoms. The molecule has 144 valence electrons. The second-order valence-corrected chi connectivity index (χ2v) is 8.92. The Labute approximate surface area is 161 Å². The summed E-state index contributed by atoms with van der Waals surface area (Å²) in [5.74, 6) is 0.743. The zero-order valence-corrected chi connectivity index (χ0v) is 16.3. The molecule has 3 saturated heterocycles. The topological polar surface area (TPSA) is 67.2 Å². The zero-order chi connectivity index (χ0) is 18.6. The Kier molecular flexibility index (Phi) is 4.01. The lowest BCUT2D eigenvalue weighted by Crippen LogP contribution is -2.47. The van der Waals surface area contributed by atoms with Crippen LogP contribution in [-0.4, -0.2) is 69.9 Å². The molecule has 5 rings (SSSR count). The van der Waals surface area contributed by atoms with Gasteiger partial charge in [0.15, 0.2) is 4.96 Å². The fraction of sp³-hybridized carbons (Fsp3) is 0.632. The van der Waals surface area contributed by atoms with Crippen LogP contribution in [-0.2, 0) is 20.7 Å². The van der Waals surface area contributed by atoms with E-state index >= 15 is 0 Å². The number of piperidine rings is 1. The molecule has 0 bridgehead atoms. The van der Waals surface area contributed by atoms with E-state index in [2.05, 4.69) is 4.98 Å². The quantitative estimate of drug-likeness (QED) is 0.781. The Balaban J connectivity index is 1.27. The predicted octanol–water partition coefficient (Wildman–Crippen LogP) is 1.42. The van der Waals surface area contributed by atoms with Gasteiger partial charge in [-0.3, -0.25) is 14.0 Å². The van der Waals surface area contributed by atoms with Gasteiger partial charge in [0.1, 0.15) is 0 Å². The summed E-state index contributed by atoms with van der Waals surface area (Å²) in [5, 5.41) is 2.02. The number of nitrogens with zero attached hydrogens (tertiary/aromatic N) is 4. The third-order valence-corrected chi connectivity index (χ3v) is 7.69. The molecule has 7 nitrogen and oxygen atoms in total. The highest BCUT2D eigenvalue weighted by molar-refractivity contribution is 7.15. The smallest absolute Gasteiger partial charge is 0.228 e. The standard InChI is InChI=1S/C19H24N4O3S/c1-13(24)23-12-19(15-9-26-10-16(15)23)2-5-21(6-3-19)17(25)8-14-11-27-18-20-4-7-22(14)18/h4,7,11,15-16H,2-3,5-6,8-10,12H2,1H3/t15-,16+/m0/s1. The van der Waals surface area contributed by atoms with Gasteiger partial charge in [-0.15, -0.1) is 11.3 Å². The number of amides is 2. The Hall–Kier alpha value is -1.93. The zero-order valence-electron chi connectivity index (χ0n) is 15.5. The van der Waals surface area contributed by atoms with E-state index in [1.807, 2.05) is 25.8 Å². The highest BCUT2D eigenvalue weighted by Gasteiger charge is 2.56. The van der Waals surface area contributed by atoms with Gasteiger partial charge in [-0.1, -0.05) is 0 Å². The summed E-state index contributed by atoms with van der Waals surface area (Å²) in [6.07, 6.45) is 6.01. The van der Waals surface area contributed by atoms with E-state index in [0.717, 1.165) is 49.7 Å². The fourth-order valence-corrected chi connectivity index (χ4v) is 6.10. The monoisotopic (exact) mass is 388 g/mol. The van der Waals surface area contributed by atoms with Crippen LogP contribution < -0.4 is 0 Å². The van der Waals surface area contributed by atoms with Crippen LogP contribution in [0, 0.1) is 11.3 Å². The molecule has 1 spiro atoms. The minimum Gasteiger partial charge on any atom is -0.379 e. The second-order valence-electron chi connectivity index (χ2n) is 8.09. The van der Waals surface area contributed by atoms with Crippen LogP contribution in [0.4, 0.5) is 0 Å². The Morgan fingerprint density at radius 2 is 2.15 bits per heavy atom. The highest BCUT2D eigenvalue weighted by Crippen LogP contribution is 2.50. The fourth-order valence-electron chi connectivity index (χ4n) is 5.25. The molecule has 3 fully saturated rings. The van der Waals surface area contributed by atoms with Crippen LogP contribution in [0.1, 0.15) is 25.5 Å². The van der Waals surface area contributed by atoms with Gasteiger partial charge in [-0.05, 0) is 18.3 Å². The molecular weight excluding hydrogens is 364 g/mol. The Morgan fingerprint density at radius 1 is 1.33 bits per heavy atom. The van der Waals surface area contributed by atoms with Crippen molar-refractivity contribution in [1.82, 2.24) is 19.2 Å². The predicted molar refractivity (Wildman–Crippen MR) is 101 cm³/mol. The molecule has 3 aliphatic rings. The van der Waals surface area contributed by atoms with Crippen molar-refractivity contribution < 1.29 is 14.3 Å². The SMILES string of the molecule is CC(=O)N1CC2(CCN(C(=O)Cc3csc4nccn34)CC2)[C@H]2COC[C@H]21.